The van der Waals surface area contributed by atoms with E-state index < -0.39 is 5.41 Å². The highest BCUT2D eigenvalue weighted by molar-refractivity contribution is 6.05. The van der Waals surface area contributed by atoms with E-state index in [9.17, 15) is 0 Å². The van der Waals surface area contributed by atoms with Gasteiger partial charge in [-0.05, 0) is 80.9 Å². The number of fused-ring (bicyclic) bond motifs is 6. The lowest BCUT2D eigenvalue weighted by molar-refractivity contribution is 0.654. The molecule has 0 bridgehead atoms. The van der Waals surface area contributed by atoms with E-state index in [-0.39, 0.29) is 0 Å². The molecule has 3 aromatic heterocycles. The second-order valence-electron chi connectivity index (χ2n) is 14.4. The molecule has 1 aliphatic carbocycles. The Kier molecular flexibility index (Phi) is 7.36. The van der Waals surface area contributed by atoms with E-state index in [0.717, 1.165) is 55.6 Å². The van der Waals surface area contributed by atoms with Crippen molar-refractivity contribution < 1.29 is 4.42 Å². The summed E-state index contributed by atoms with van der Waals surface area (Å²) in [6, 6.07) is 68.9. The van der Waals surface area contributed by atoms with Crippen LogP contribution in [-0.2, 0) is 5.41 Å². The molecule has 262 valence electrons. The smallest absolute Gasteiger partial charge is 0.227 e. The molecule has 4 nitrogen and oxygen atoms in total. The number of nitrogens with zero attached hydrogens (tertiary/aromatic N) is 3. The van der Waals surface area contributed by atoms with Gasteiger partial charge in [0.25, 0.3) is 0 Å². The molecule has 10 aromatic rings. The number of rotatable bonds is 6. The lowest BCUT2D eigenvalue weighted by Crippen LogP contribution is -2.28. The number of hydrogen-bond acceptors (Lipinski definition) is 4. The lowest BCUT2D eigenvalue weighted by Gasteiger charge is -2.34. The second kappa shape index (κ2) is 12.9. The van der Waals surface area contributed by atoms with Crippen molar-refractivity contribution in [2.45, 2.75) is 5.41 Å². The van der Waals surface area contributed by atoms with Gasteiger partial charge in [-0.2, -0.15) is 0 Å². The molecule has 0 atom stereocenters. The first kappa shape index (κ1) is 32.0. The maximum Gasteiger partial charge on any atom is 0.227 e. The summed E-state index contributed by atoms with van der Waals surface area (Å²) in [7, 11) is 0. The van der Waals surface area contributed by atoms with Crippen LogP contribution < -0.4 is 0 Å². The number of hydrogen-bond donors (Lipinski definition) is 0. The zero-order valence-electron chi connectivity index (χ0n) is 30.3. The van der Waals surface area contributed by atoms with Crippen LogP contribution in [0.1, 0.15) is 22.3 Å². The van der Waals surface area contributed by atoms with Crippen molar-refractivity contribution in [2.75, 3.05) is 0 Å². The Morgan fingerprint density at radius 3 is 1.75 bits per heavy atom. The fourth-order valence-electron chi connectivity index (χ4n) is 8.69. The fourth-order valence-corrected chi connectivity index (χ4v) is 8.69. The van der Waals surface area contributed by atoms with Crippen molar-refractivity contribution >= 4 is 22.1 Å². The molecular formula is C52H33N3O. The highest BCUT2D eigenvalue weighted by Crippen LogP contribution is 2.56. The maximum atomic E-state index is 5.99. The van der Waals surface area contributed by atoms with Crippen LogP contribution in [0.4, 0.5) is 0 Å². The van der Waals surface area contributed by atoms with Gasteiger partial charge < -0.3 is 4.42 Å². The molecule has 4 heteroatoms. The minimum absolute atomic E-state index is 0.499. The zero-order chi connectivity index (χ0) is 37.1. The van der Waals surface area contributed by atoms with E-state index in [2.05, 4.69) is 169 Å². The molecule has 0 saturated carbocycles. The standard InChI is InChI=1S/C52H33N3O/c1-4-13-36(14-5-1)50-54-47(35-24-22-34(23-25-35)37-27-29-49-44(31-37)43-20-12-30-53-51(43)56-49)33-48(55-50)38-26-28-42-41-19-10-11-21-45(41)52(46(42)32-38,39-15-6-2-7-16-39)40-17-8-3-9-18-40/h1-33H. The number of benzene rings is 7. The summed E-state index contributed by atoms with van der Waals surface area (Å²) in [5.74, 6) is 0.689. The quantitative estimate of drug-likeness (QED) is 0.172. The molecule has 0 unspecified atom stereocenters. The Hall–Kier alpha value is -7.43. The summed E-state index contributed by atoms with van der Waals surface area (Å²) in [6.07, 6.45) is 1.76. The molecule has 0 spiro atoms. The summed E-state index contributed by atoms with van der Waals surface area (Å²) in [6.45, 7) is 0. The van der Waals surface area contributed by atoms with Gasteiger partial charge >= 0.3 is 0 Å². The molecule has 1 aliphatic rings. The van der Waals surface area contributed by atoms with E-state index in [1.54, 1.807) is 6.20 Å². The minimum Gasteiger partial charge on any atom is -0.438 e. The van der Waals surface area contributed by atoms with Crippen LogP contribution in [0.3, 0.4) is 0 Å². The molecular weight excluding hydrogens is 683 g/mol. The maximum absolute atomic E-state index is 5.99. The highest BCUT2D eigenvalue weighted by Gasteiger charge is 2.46. The average molecular weight is 716 g/mol. The van der Waals surface area contributed by atoms with E-state index in [4.69, 9.17) is 14.4 Å². The summed E-state index contributed by atoms with van der Waals surface area (Å²) in [4.78, 5) is 14.8. The van der Waals surface area contributed by atoms with Crippen LogP contribution in [0.25, 0.3) is 78.2 Å². The third-order valence-corrected chi connectivity index (χ3v) is 11.3. The molecule has 0 fully saturated rings. The van der Waals surface area contributed by atoms with Gasteiger partial charge in [-0.15, -0.1) is 0 Å². The SMILES string of the molecule is c1ccc(-c2nc(-c3ccc(-c4ccc5oc6ncccc6c5c4)cc3)cc(-c3ccc4c(c3)C(c3ccccc3)(c3ccccc3)c3ccccc3-4)n2)cc1. The van der Waals surface area contributed by atoms with E-state index in [1.165, 1.54) is 33.4 Å². The van der Waals surface area contributed by atoms with Crippen molar-refractivity contribution in [1.29, 1.82) is 0 Å². The van der Waals surface area contributed by atoms with Crippen molar-refractivity contribution in [3.8, 4) is 56.2 Å². The van der Waals surface area contributed by atoms with Crippen LogP contribution in [0.5, 0.6) is 0 Å². The number of furan rings is 1. The fraction of sp³-hybridized carbons (Fsp3) is 0.0192. The Labute approximate surface area is 324 Å². The lowest BCUT2D eigenvalue weighted by atomic mass is 9.67. The summed E-state index contributed by atoms with van der Waals surface area (Å²) >= 11 is 0. The predicted octanol–water partition coefficient (Wildman–Crippen LogP) is 12.8. The van der Waals surface area contributed by atoms with Gasteiger partial charge in [0.05, 0.1) is 16.8 Å². The molecule has 3 heterocycles. The van der Waals surface area contributed by atoms with Crippen LogP contribution in [0.2, 0.25) is 0 Å². The van der Waals surface area contributed by atoms with Gasteiger partial charge in [0.2, 0.25) is 5.71 Å². The predicted molar refractivity (Wildman–Crippen MR) is 226 cm³/mol. The Morgan fingerprint density at radius 2 is 1.00 bits per heavy atom. The highest BCUT2D eigenvalue weighted by atomic mass is 16.3. The van der Waals surface area contributed by atoms with Crippen LogP contribution in [0.15, 0.2) is 205 Å². The molecule has 0 saturated heterocycles. The summed E-state index contributed by atoms with van der Waals surface area (Å²) in [5, 5.41) is 2.08. The topological polar surface area (TPSA) is 51.8 Å². The van der Waals surface area contributed by atoms with Crippen LogP contribution >= 0.6 is 0 Å². The third kappa shape index (κ3) is 5.04. The molecule has 0 amide bonds. The zero-order valence-corrected chi connectivity index (χ0v) is 30.3. The van der Waals surface area contributed by atoms with Gasteiger partial charge in [0, 0.05) is 33.7 Å². The van der Waals surface area contributed by atoms with Crippen molar-refractivity contribution in [3.05, 3.63) is 223 Å². The molecule has 0 radical (unpaired) electrons. The second-order valence-corrected chi connectivity index (χ2v) is 14.4. The summed E-state index contributed by atoms with van der Waals surface area (Å²) in [5.41, 5.74) is 15.5. The van der Waals surface area contributed by atoms with Gasteiger partial charge in [0.1, 0.15) is 5.58 Å². The monoisotopic (exact) mass is 715 g/mol. The van der Waals surface area contributed by atoms with Crippen molar-refractivity contribution in [1.82, 2.24) is 15.0 Å². The first-order valence-electron chi connectivity index (χ1n) is 18.9. The third-order valence-electron chi connectivity index (χ3n) is 11.3. The van der Waals surface area contributed by atoms with E-state index in [0.29, 0.717) is 11.5 Å². The van der Waals surface area contributed by atoms with Gasteiger partial charge in [-0.25, -0.2) is 15.0 Å². The minimum atomic E-state index is -0.499. The largest absolute Gasteiger partial charge is 0.438 e. The Morgan fingerprint density at radius 1 is 0.393 bits per heavy atom. The first-order valence-corrected chi connectivity index (χ1v) is 18.9. The Bertz CT molecular complexity index is 3020. The van der Waals surface area contributed by atoms with E-state index >= 15 is 0 Å². The number of aromatic nitrogens is 3. The molecule has 0 aliphatic heterocycles. The van der Waals surface area contributed by atoms with Crippen molar-refractivity contribution in [2.24, 2.45) is 0 Å². The van der Waals surface area contributed by atoms with E-state index in [1.807, 2.05) is 30.3 Å². The molecule has 0 N–H and O–H groups in total. The van der Waals surface area contributed by atoms with Gasteiger partial charge in [0.15, 0.2) is 5.82 Å². The average Bonchev–Trinajstić information content (AvgIpc) is 3.80. The summed E-state index contributed by atoms with van der Waals surface area (Å²) < 4.78 is 5.99. The van der Waals surface area contributed by atoms with Crippen LogP contribution in [0, 0.1) is 0 Å². The van der Waals surface area contributed by atoms with Crippen LogP contribution in [-0.4, -0.2) is 15.0 Å². The van der Waals surface area contributed by atoms with Gasteiger partial charge in [-0.3, -0.25) is 0 Å². The normalized spacial score (nSPS) is 12.8. The number of pyridine rings is 1. The molecule has 56 heavy (non-hydrogen) atoms. The first-order chi connectivity index (χ1) is 27.7. The van der Waals surface area contributed by atoms with Crippen molar-refractivity contribution in [3.63, 3.8) is 0 Å². The molecule has 7 aromatic carbocycles. The molecule has 11 rings (SSSR count). The van der Waals surface area contributed by atoms with Gasteiger partial charge in [-0.1, -0.05) is 158 Å². The Balaban J connectivity index is 1.06.